The van der Waals surface area contributed by atoms with E-state index in [1.54, 1.807) is 12.3 Å². The van der Waals surface area contributed by atoms with Gasteiger partial charge >= 0.3 is 0 Å². The van der Waals surface area contributed by atoms with Crippen LogP contribution in [0.25, 0.3) is 16.5 Å². The molecule has 0 aliphatic rings. The van der Waals surface area contributed by atoms with Crippen molar-refractivity contribution >= 4 is 22.2 Å². The second kappa shape index (κ2) is 7.23. The fourth-order valence-corrected chi connectivity index (χ4v) is 2.92. The van der Waals surface area contributed by atoms with Gasteiger partial charge in [0.25, 0.3) is 0 Å². The van der Waals surface area contributed by atoms with Gasteiger partial charge in [0.05, 0.1) is 17.1 Å². The molecule has 1 aromatic heterocycles. The standard InChI is InChI=1S/C23H25N3O/c1-15(20-14-18(23(3,4)5)10-11-21(20)27)25-26-16(2)22-19-9-7-6-8-17(19)12-13-24-22/h6-14,25,27H,1H2,2-5H3/b26-16+. The minimum absolute atomic E-state index is 0.0191. The molecule has 0 aliphatic carbocycles. The van der Waals surface area contributed by atoms with Gasteiger partial charge in [-0.15, -0.1) is 0 Å². The van der Waals surface area contributed by atoms with Crippen molar-refractivity contribution in [2.45, 2.75) is 33.1 Å². The summed E-state index contributed by atoms with van der Waals surface area (Å²) in [5, 5.41) is 16.8. The lowest BCUT2D eigenvalue weighted by Gasteiger charge is -2.20. The van der Waals surface area contributed by atoms with E-state index in [4.69, 9.17) is 0 Å². The molecule has 4 nitrogen and oxygen atoms in total. The summed E-state index contributed by atoms with van der Waals surface area (Å²) in [6, 6.07) is 15.6. The van der Waals surface area contributed by atoms with Crippen molar-refractivity contribution in [1.82, 2.24) is 10.4 Å². The zero-order chi connectivity index (χ0) is 19.6. The molecule has 2 N–H and O–H groups in total. The highest BCUT2D eigenvalue weighted by Crippen LogP contribution is 2.30. The van der Waals surface area contributed by atoms with Crippen LogP contribution < -0.4 is 5.43 Å². The summed E-state index contributed by atoms with van der Waals surface area (Å²) >= 11 is 0. The molecule has 138 valence electrons. The summed E-state index contributed by atoms with van der Waals surface area (Å²) in [5.41, 5.74) is 6.83. The maximum Gasteiger partial charge on any atom is 0.124 e. The molecule has 3 aromatic rings. The molecule has 0 unspecified atom stereocenters. The number of phenolic OH excluding ortho intramolecular Hbond substituents is 1. The fourth-order valence-electron chi connectivity index (χ4n) is 2.92. The average Bonchev–Trinajstić information content (AvgIpc) is 2.64. The van der Waals surface area contributed by atoms with E-state index in [0.717, 1.165) is 27.7 Å². The number of hydrogen-bond donors (Lipinski definition) is 2. The predicted molar refractivity (Wildman–Crippen MR) is 113 cm³/mol. The van der Waals surface area contributed by atoms with E-state index in [1.165, 1.54) is 0 Å². The number of benzene rings is 2. The third-order valence-corrected chi connectivity index (χ3v) is 4.56. The lowest BCUT2D eigenvalue weighted by molar-refractivity contribution is 0.471. The minimum atomic E-state index is -0.0191. The average molecular weight is 359 g/mol. The lowest BCUT2D eigenvalue weighted by atomic mass is 9.86. The van der Waals surface area contributed by atoms with Crippen LogP contribution in [0.5, 0.6) is 5.75 Å². The summed E-state index contributed by atoms with van der Waals surface area (Å²) in [6.45, 7) is 12.3. The Morgan fingerprint density at radius 3 is 2.59 bits per heavy atom. The van der Waals surface area contributed by atoms with Crippen LogP contribution in [0.1, 0.15) is 44.5 Å². The van der Waals surface area contributed by atoms with Crippen LogP contribution in [0.2, 0.25) is 0 Å². The number of nitrogens with one attached hydrogen (secondary N) is 1. The number of nitrogens with zero attached hydrogens (tertiary/aromatic N) is 2. The molecule has 3 rings (SSSR count). The molecule has 0 saturated carbocycles. The maximum absolute atomic E-state index is 10.2. The van der Waals surface area contributed by atoms with Crippen LogP contribution in [0, 0.1) is 0 Å². The number of pyridine rings is 1. The zero-order valence-electron chi connectivity index (χ0n) is 16.2. The molecule has 0 bridgehead atoms. The van der Waals surface area contributed by atoms with Gasteiger partial charge in [-0.25, -0.2) is 0 Å². The number of rotatable bonds is 4. The summed E-state index contributed by atoms with van der Waals surface area (Å²) in [6.07, 6.45) is 1.78. The fraction of sp³-hybridized carbons (Fsp3) is 0.217. The van der Waals surface area contributed by atoms with Crippen molar-refractivity contribution in [1.29, 1.82) is 0 Å². The zero-order valence-corrected chi connectivity index (χ0v) is 16.2. The Morgan fingerprint density at radius 1 is 1.11 bits per heavy atom. The van der Waals surface area contributed by atoms with Crippen molar-refractivity contribution in [3.63, 3.8) is 0 Å². The molecule has 0 fully saturated rings. The summed E-state index contributed by atoms with van der Waals surface area (Å²) < 4.78 is 0. The lowest BCUT2D eigenvalue weighted by Crippen LogP contribution is -2.13. The first-order valence-electron chi connectivity index (χ1n) is 8.94. The monoisotopic (exact) mass is 359 g/mol. The predicted octanol–water partition coefficient (Wildman–Crippen LogP) is 5.22. The Balaban J connectivity index is 1.88. The van der Waals surface area contributed by atoms with Gasteiger partial charge in [-0.1, -0.05) is 57.7 Å². The van der Waals surface area contributed by atoms with Crippen LogP contribution in [0.15, 0.2) is 66.4 Å². The third kappa shape index (κ3) is 4.00. The number of fused-ring (bicyclic) bond motifs is 1. The number of aromatic nitrogens is 1. The van der Waals surface area contributed by atoms with E-state index in [9.17, 15) is 5.11 Å². The second-order valence-corrected chi connectivity index (χ2v) is 7.65. The molecule has 0 saturated heterocycles. The third-order valence-electron chi connectivity index (χ3n) is 4.56. The van der Waals surface area contributed by atoms with E-state index >= 15 is 0 Å². The smallest absolute Gasteiger partial charge is 0.124 e. The maximum atomic E-state index is 10.2. The number of phenols is 1. The van der Waals surface area contributed by atoms with Crippen molar-refractivity contribution in [2.24, 2.45) is 5.10 Å². The van der Waals surface area contributed by atoms with Crippen LogP contribution in [-0.2, 0) is 5.41 Å². The van der Waals surface area contributed by atoms with Gasteiger partial charge in [0, 0.05) is 17.1 Å². The van der Waals surface area contributed by atoms with Crippen molar-refractivity contribution in [3.05, 3.63) is 78.1 Å². The second-order valence-electron chi connectivity index (χ2n) is 7.65. The van der Waals surface area contributed by atoms with E-state index in [2.05, 4.69) is 48.9 Å². The Morgan fingerprint density at radius 2 is 1.85 bits per heavy atom. The van der Waals surface area contributed by atoms with Crippen molar-refractivity contribution in [3.8, 4) is 5.75 Å². The molecule has 0 atom stereocenters. The highest BCUT2D eigenvalue weighted by atomic mass is 16.3. The normalized spacial score (nSPS) is 12.2. The molecule has 27 heavy (non-hydrogen) atoms. The van der Waals surface area contributed by atoms with Crippen LogP contribution in [0.4, 0.5) is 0 Å². The van der Waals surface area contributed by atoms with Crippen molar-refractivity contribution in [2.75, 3.05) is 0 Å². The summed E-state index contributed by atoms with van der Waals surface area (Å²) in [4.78, 5) is 4.47. The Labute approximate surface area is 160 Å². The minimum Gasteiger partial charge on any atom is -0.507 e. The molecule has 0 radical (unpaired) electrons. The Bertz CT molecular complexity index is 1020. The number of aromatic hydroxyl groups is 1. The van der Waals surface area contributed by atoms with E-state index in [-0.39, 0.29) is 11.2 Å². The first-order chi connectivity index (χ1) is 12.8. The van der Waals surface area contributed by atoms with Gasteiger partial charge in [-0.2, -0.15) is 5.10 Å². The van der Waals surface area contributed by atoms with E-state index in [0.29, 0.717) is 11.3 Å². The molecule has 0 aliphatic heterocycles. The first kappa shape index (κ1) is 18.6. The first-order valence-corrected chi connectivity index (χ1v) is 8.94. The van der Waals surface area contributed by atoms with Crippen LogP contribution in [0.3, 0.4) is 0 Å². The van der Waals surface area contributed by atoms with Crippen LogP contribution >= 0.6 is 0 Å². The van der Waals surface area contributed by atoms with E-state index < -0.39 is 0 Å². The van der Waals surface area contributed by atoms with Gasteiger partial charge in [-0.05, 0) is 41.5 Å². The molecule has 1 heterocycles. The molecule has 0 spiro atoms. The van der Waals surface area contributed by atoms with Gasteiger partial charge in [0.2, 0.25) is 0 Å². The van der Waals surface area contributed by atoms with Gasteiger partial charge < -0.3 is 5.11 Å². The highest BCUT2D eigenvalue weighted by Gasteiger charge is 2.16. The molecular weight excluding hydrogens is 334 g/mol. The highest BCUT2D eigenvalue weighted by molar-refractivity contribution is 6.07. The summed E-state index contributed by atoms with van der Waals surface area (Å²) in [7, 11) is 0. The molecular formula is C23H25N3O. The topological polar surface area (TPSA) is 57.5 Å². The molecule has 4 heteroatoms. The van der Waals surface area contributed by atoms with Gasteiger partial charge in [-0.3, -0.25) is 10.4 Å². The quantitative estimate of drug-likeness (QED) is 0.496. The van der Waals surface area contributed by atoms with E-state index in [1.807, 2.05) is 43.3 Å². The number of hydrazone groups is 1. The number of hydrogen-bond acceptors (Lipinski definition) is 4. The van der Waals surface area contributed by atoms with Crippen LogP contribution in [-0.4, -0.2) is 15.8 Å². The molecule has 0 amide bonds. The van der Waals surface area contributed by atoms with Crippen molar-refractivity contribution < 1.29 is 5.11 Å². The molecule has 2 aromatic carbocycles. The SMILES string of the molecule is C=C(N/N=C(\C)c1nccc2ccccc12)c1cc(C(C)(C)C)ccc1O. The Hall–Kier alpha value is -3.14. The van der Waals surface area contributed by atoms with Gasteiger partial charge in [0.1, 0.15) is 5.75 Å². The summed E-state index contributed by atoms with van der Waals surface area (Å²) in [5.74, 6) is 0.177. The van der Waals surface area contributed by atoms with Gasteiger partial charge in [0.15, 0.2) is 0 Å². The Kier molecular flexibility index (Phi) is 5.00. The largest absolute Gasteiger partial charge is 0.507 e.